The molecule has 0 aromatic heterocycles. The number of fused-ring (bicyclic) bond motifs is 2. The Morgan fingerprint density at radius 1 is 0.955 bits per heavy atom. The molecule has 0 radical (unpaired) electrons. The molecule has 1 aliphatic carbocycles. The zero-order valence-corrected chi connectivity index (χ0v) is 11.2. The Labute approximate surface area is 124 Å². The number of nitro groups is 1. The molecule has 6 nitrogen and oxygen atoms in total. The number of nitro benzene ring substituents is 1. The van der Waals surface area contributed by atoms with Gasteiger partial charge >= 0.3 is 0 Å². The number of benzene rings is 2. The topological polar surface area (TPSA) is 94.3 Å². The Hall–Kier alpha value is -3.15. The number of hydrogen-bond donors (Lipinski definition) is 0. The van der Waals surface area contributed by atoms with Crippen LogP contribution >= 0.6 is 0 Å². The Bertz CT molecular complexity index is 854. The third kappa shape index (κ3) is 1.85. The summed E-state index contributed by atoms with van der Waals surface area (Å²) in [6.07, 6.45) is 0.338. The molecule has 0 fully saturated rings. The van der Waals surface area contributed by atoms with Gasteiger partial charge in [0.05, 0.1) is 4.92 Å². The van der Waals surface area contributed by atoms with Gasteiger partial charge in [-0.3, -0.25) is 19.7 Å². The highest BCUT2D eigenvalue weighted by atomic mass is 16.6. The van der Waals surface area contributed by atoms with E-state index in [2.05, 4.69) is 0 Å². The maximum absolute atomic E-state index is 12.6. The Morgan fingerprint density at radius 2 is 1.59 bits per heavy atom. The number of rotatable bonds is 3. The molecule has 0 amide bonds. The number of aldehydes is 1. The second-order valence-electron chi connectivity index (χ2n) is 4.83. The fourth-order valence-electron chi connectivity index (χ4n) is 2.68. The maximum atomic E-state index is 12.6. The average molecular weight is 295 g/mol. The van der Waals surface area contributed by atoms with Gasteiger partial charge in [0.2, 0.25) is 5.78 Å². The van der Waals surface area contributed by atoms with Crippen LogP contribution in [-0.2, 0) is 11.2 Å². The van der Waals surface area contributed by atoms with Crippen LogP contribution in [-0.4, -0.2) is 22.8 Å². The van der Waals surface area contributed by atoms with Crippen molar-refractivity contribution in [1.29, 1.82) is 0 Å². The van der Waals surface area contributed by atoms with Crippen LogP contribution in [0.2, 0.25) is 0 Å². The lowest BCUT2D eigenvalue weighted by atomic mass is 9.82. The van der Waals surface area contributed by atoms with Gasteiger partial charge < -0.3 is 4.79 Å². The molecular formula is C16H9NO5. The summed E-state index contributed by atoms with van der Waals surface area (Å²) in [7, 11) is 0. The fourth-order valence-corrected chi connectivity index (χ4v) is 2.68. The molecule has 0 unspecified atom stereocenters. The van der Waals surface area contributed by atoms with Crippen molar-refractivity contribution >= 4 is 23.5 Å². The molecule has 0 aliphatic heterocycles. The SMILES string of the molecule is O=CCc1ccc2c(c1[N+](=O)[O-])C(=O)c1ccccc1C2=O. The molecule has 6 heteroatoms. The molecule has 0 saturated heterocycles. The van der Waals surface area contributed by atoms with Crippen LogP contribution < -0.4 is 0 Å². The van der Waals surface area contributed by atoms with Gasteiger partial charge in [-0.05, 0) is 6.07 Å². The minimum atomic E-state index is -0.712. The van der Waals surface area contributed by atoms with Crippen molar-refractivity contribution in [3.05, 3.63) is 74.3 Å². The Kier molecular flexibility index (Phi) is 3.14. The summed E-state index contributed by atoms with van der Waals surface area (Å²) in [5, 5.41) is 11.4. The first-order chi connectivity index (χ1) is 10.6. The molecule has 0 saturated carbocycles. The predicted octanol–water partition coefficient (Wildman–Crippen LogP) is 2.11. The molecule has 2 aromatic carbocycles. The van der Waals surface area contributed by atoms with E-state index >= 15 is 0 Å². The lowest BCUT2D eigenvalue weighted by Gasteiger charge is -2.18. The van der Waals surface area contributed by atoms with Gasteiger partial charge in [-0.25, -0.2) is 0 Å². The molecule has 22 heavy (non-hydrogen) atoms. The molecule has 0 heterocycles. The molecule has 3 rings (SSSR count). The van der Waals surface area contributed by atoms with Crippen LogP contribution in [0.1, 0.15) is 37.4 Å². The van der Waals surface area contributed by atoms with Crippen molar-refractivity contribution in [1.82, 2.24) is 0 Å². The van der Waals surface area contributed by atoms with Crippen LogP contribution in [0.4, 0.5) is 5.69 Å². The highest BCUT2D eigenvalue weighted by Crippen LogP contribution is 2.35. The van der Waals surface area contributed by atoms with Crippen LogP contribution in [0, 0.1) is 10.1 Å². The molecule has 108 valence electrons. The van der Waals surface area contributed by atoms with Gasteiger partial charge in [0.15, 0.2) is 5.78 Å². The minimum absolute atomic E-state index is 0.00467. The molecule has 0 atom stereocenters. The van der Waals surface area contributed by atoms with Crippen molar-refractivity contribution in [3.8, 4) is 0 Å². The first kappa shape index (κ1) is 13.8. The van der Waals surface area contributed by atoms with E-state index < -0.39 is 22.2 Å². The number of carbonyl (C=O) groups is 3. The van der Waals surface area contributed by atoms with Crippen molar-refractivity contribution in [2.24, 2.45) is 0 Å². The van der Waals surface area contributed by atoms with Crippen LogP contribution in [0.25, 0.3) is 0 Å². The standard InChI is InChI=1S/C16H9NO5/c18-8-7-9-5-6-12-13(14(9)17(21)22)16(20)11-4-2-1-3-10(11)15(12)19/h1-6,8H,7H2. The summed E-state index contributed by atoms with van der Waals surface area (Å²) in [4.78, 5) is 46.4. The lowest BCUT2D eigenvalue weighted by molar-refractivity contribution is -0.385. The van der Waals surface area contributed by atoms with E-state index in [9.17, 15) is 24.5 Å². The van der Waals surface area contributed by atoms with Gasteiger partial charge in [-0.2, -0.15) is 0 Å². The third-order valence-electron chi connectivity index (χ3n) is 3.64. The second-order valence-corrected chi connectivity index (χ2v) is 4.83. The zero-order valence-electron chi connectivity index (χ0n) is 11.2. The van der Waals surface area contributed by atoms with E-state index in [4.69, 9.17) is 0 Å². The van der Waals surface area contributed by atoms with Crippen molar-refractivity contribution in [3.63, 3.8) is 0 Å². The molecule has 0 N–H and O–H groups in total. The molecule has 0 bridgehead atoms. The maximum Gasteiger partial charge on any atom is 0.284 e. The van der Waals surface area contributed by atoms with E-state index in [1.54, 1.807) is 12.1 Å². The summed E-state index contributed by atoms with van der Waals surface area (Å²) >= 11 is 0. The number of hydrogen-bond acceptors (Lipinski definition) is 5. The van der Waals surface area contributed by atoms with Gasteiger partial charge in [0.25, 0.3) is 5.69 Å². The highest BCUT2D eigenvalue weighted by Gasteiger charge is 2.36. The summed E-state index contributed by atoms with van der Waals surface area (Å²) in [5.41, 5.74) is -0.182. The van der Waals surface area contributed by atoms with E-state index in [0.717, 1.165) is 0 Å². The summed E-state index contributed by atoms with van der Waals surface area (Å²) < 4.78 is 0. The summed E-state index contributed by atoms with van der Waals surface area (Å²) in [6, 6.07) is 8.93. The second kappa shape index (κ2) is 5.00. The van der Waals surface area contributed by atoms with E-state index in [1.165, 1.54) is 24.3 Å². The number of carbonyl (C=O) groups excluding carboxylic acids is 3. The van der Waals surface area contributed by atoms with E-state index in [-0.39, 0.29) is 34.2 Å². The highest BCUT2D eigenvalue weighted by molar-refractivity contribution is 6.29. The fraction of sp³-hybridized carbons (Fsp3) is 0.0625. The smallest absolute Gasteiger partial charge is 0.284 e. The van der Waals surface area contributed by atoms with Gasteiger partial charge in [-0.15, -0.1) is 0 Å². The van der Waals surface area contributed by atoms with Crippen molar-refractivity contribution < 1.29 is 19.3 Å². The van der Waals surface area contributed by atoms with Crippen LogP contribution in [0.15, 0.2) is 36.4 Å². The molecular weight excluding hydrogens is 286 g/mol. The normalized spacial score (nSPS) is 12.5. The largest absolute Gasteiger partial charge is 0.303 e. The monoisotopic (exact) mass is 295 g/mol. The molecule has 1 aliphatic rings. The first-order valence-electron chi connectivity index (χ1n) is 6.48. The Balaban J connectivity index is 2.35. The minimum Gasteiger partial charge on any atom is -0.303 e. The first-order valence-corrected chi connectivity index (χ1v) is 6.48. The van der Waals surface area contributed by atoms with Gasteiger partial charge in [-0.1, -0.05) is 30.3 Å². The summed E-state index contributed by atoms with van der Waals surface area (Å²) in [5.74, 6) is -0.990. The number of nitrogens with zero attached hydrogens (tertiary/aromatic N) is 1. The zero-order chi connectivity index (χ0) is 15.9. The number of ketones is 2. The van der Waals surface area contributed by atoms with Crippen LogP contribution in [0.5, 0.6) is 0 Å². The third-order valence-corrected chi connectivity index (χ3v) is 3.64. The Morgan fingerprint density at radius 3 is 2.18 bits per heavy atom. The van der Waals surface area contributed by atoms with E-state index in [1.807, 2.05) is 0 Å². The van der Waals surface area contributed by atoms with E-state index in [0.29, 0.717) is 6.29 Å². The molecule has 2 aromatic rings. The van der Waals surface area contributed by atoms with Crippen molar-refractivity contribution in [2.45, 2.75) is 6.42 Å². The van der Waals surface area contributed by atoms with Crippen molar-refractivity contribution in [2.75, 3.05) is 0 Å². The van der Waals surface area contributed by atoms with Gasteiger partial charge in [0, 0.05) is 28.7 Å². The summed E-state index contributed by atoms with van der Waals surface area (Å²) in [6.45, 7) is 0. The quantitative estimate of drug-likeness (QED) is 0.419. The molecule has 0 spiro atoms. The predicted molar refractivity (Wildman–Crippen MR) is 76.2 cm³/mol. The lowest BCUT2D eigenvalue weighted by Crippen LogP contribution is -2.22. The average Bonchev–Trinajstić information content (AvgIpc) is 2.52. The van der Waals surface area contributed by atoms with Gasteiger partial charge in [0.1, 0.15) is 11.8 Å². The van der Waals surface area contributed by atoms with Crippen LogP contribution in [0.3, 0.4) is 0 Å².